The van der Waals surface area contributed by atoms with Gasteiger partial charge < -0.3 is 20.5 Å². The first-order valence-electron chi connectivity index (χ1n) is 14.6. The quantitative estimate of drug-likeness (QED) is 0.168. The maximum Gasteiger partial charge on any atom is 0.424 e. The van der Waals surface area contributed by atoms with Gasteiger partial charge in [0, 0.05) is 23.2 Å². The number of carboxylic acid groups (broad SMARTS) is 1. The summed E-state index contributed by atoms with van der Waals surface area (Å²) < 4.78 is 35.2. The molecule has 0 saturated heterocycles. The number of ether oxygens (including phenoxy) is 1. The number of anilines is 3. The van der Waals surface area contributed by atoms with Crippen LogP contribution in [0.5, 0.6) is 0 Å². The van der Waals surface area contributed by atoms with E-state index in [9.17, 15) is 24.3 Å². The summed E-state index contributed by atoms with van der Waals surface area (Å²) in [7, 11) is 0. The molecule has 0 aromatic heterocycles. The number of hydrogen-bond donors (Lipinski definition) is 3. The fourth-order valence-electron chi connectivity index (χ4n) is 5.18. The van der Waals surface area contributed by atoms with Crippen LogP contribution in [0.25, 0.3) is 0 Å². The summed E-state index contributed by atoms with van der Waals surface area (Å²) in [5, 5.41) is 15.0. The van der Waals surface area contributed by atoms with E-state index in [-0.39, 0.29) is 36.2 Å². The maximum atomic E-state index is 16.2. The SMILES string of the molecule is CC(C)(C)OC(=O)N(C(=O)O)c1cc(F)c(C(C)(C)C)c(F)c1NC(=O)c1cc(NC(=O)[C@H]2[C@H](c3cc(Cl)c(Cl)c(Cl)c3)C2(Cl)Cl)ccc1Cl. The first-order valence-corrected chi connectivity index (χ1v) is 16.9. The lowest BCUT2D eigenvalue weighted by molar-refractivity contribution is -0.117. The Hall–Kier alpha value is -3.06. The molecule has 268 valence electrons. The van der Waals surface area contributed by atoms with Gasteiger partial charge in [0.2, 0.25) is 5.91 Å². The summed E-state index contributed by atoms with van der Waals surface area (Å²) in [6.45, 7) is 8.83. The minimum Gasteiger partial charge on any atom is -0.464 e. The van der Waals surface area contributed by atoms with Crippen LogP contribution in [0.1, 0.15) is 68.9 Å². The molecular weight excluding hydrogens is 785 g/mol. The third kappa shape index (κ3) is 8.19. The number of carbonyl (C=O) groups excluding carboxylic acids is 3. The monoisotopic (exact) mass is 811 g/mol. The molecule has 2 atom stereocenters. The zero-order valence-electron chi connectivity index (χ0n) is 27.1. The summed E-state index contributed by atoms with van der Waals surface area (Å²) in [6, 6.07) is 7.36. The number of alkyl halides is 2. The van der Waals surface area contributed by atoms with E-state index in [1.54, 1.807) is 0 Å². The van der Waals surface area contributed by atoms with Crippen molar-refractivity contribution >= 4 is 111 Å². The van der Waals surface area contributed by atoms with Gasteiger partial charge in [-0.15, -0.1) is 23.2 Å². The molecule has 0 spiro atoms. The molecule has 1 aliphatic rings. The van der Waals surface area contributed by atoms with Gasteiger partial charge in [-0.2, -0.15) is 4.90 Å². The minimum atomic E-state index is -1.95. The zero-order chi connectivity index (χ0) is 37.8. The summed E-state index contributed by atoms with van der Waals surface area (Å²) >= 11 is 37.6. The first kappa shape index (κ1) is 39.7. The summed E-state index contributed by atoms with van der Waals surface area (Å²) in [4.78, 5) is 52.2. The summed E-state index contributed by atoms with van der Waals surface area (Å²) in [5.74, 6) is -6.00. The van der Waals surface area contributed by atoms with Crippen molar-refractivity contribution in [2.45, 2.75) is 62.8 Å². The van der Waals surface area contributed by atoms with Crippen LogP contribution in [-0.2, 0) is 14.9 Å². The van der Waals surface area contributed by atoms with Crippen molar-refractivity contribution in [3.8, 4) is 0 Å². The molecular formula is C33H29Cl6F2N3O6. The van der Waals surface area contributed by atoms with Gasteiger partial charge >= 0.3 is 12.2 Å². The predicted molar refractivity (Wildman–Crippen MR) is 192 cm³/mol. The standard InChI is InChI=1S/C33H29Cl6F2N3O6/c1-31(2,3)22-19(40)12-20(44(29(47)48)30(49)50-32(4,5)6)26(25(22)41)43-27(45)15-11-14(7-8-16(15)34)42-28(46)23-21(33(23,38)39)13-9-17(35)24(37)18(36)10-13/h7-12,21,23H,1-6H3,(H,42,46)(H,43,45)(H,47,48)/t21-,23+/m0/s1. The maximum absolute atomic E-state index is 16.2. The summed E-state index contributed by atoms with van der Waals surface area (Å²) in [6.07, 6.45) is -3.43. The van der Waals surface area contributed by atoms with E-state index >= 15 is 8.78 Å². The van der Waals surface area contributed by atoms with E-state index in [0.29, 0.717) is 11.6 Å². The topological polar surface area (TPSA) is 125 Å². The molecule has 1 saturated carbocycles. The number of benzene rings is 3. The molecule has 0 heterocycles. The highest BCUT2D eigenvalue weighted by molar-refractivity contribution is 6.54. The van der Waals surface area contributed by atoms with E-state index in [2.05, 4.69) is 10.6 Å². The molecule has 0 unspecified atom stereocenters. The first-order chi connectivity index (χ1) is 22.9. The number of halogens is 8. The normalized spacial score (nSPS) is 16.8. The van der Waals surface area contributed by atoms with E-state index in [0.717, 1.165) is 6.07 Å². The third-order valence-corrected chi connectivity index (χ3v) is 9.84. The van der Waals surface area contributed by atoms with Crippen molar-refractivity contribution in [1.29, 1.82) is 0 Å². The Morgan fingerprint density at radius 2 is 1.46 bits per heavy atom. The largest absolute Gasteiger partial charge is 0.464 e. The number of hydrogen-bond acceptors (Lipinski definition) is 5. The van der Waals surface area contributed by atoms with Crippen molar-refractivity contribution in [2.75, 3.05) is 15.5 Å². The van der Waals surface area contributed by atoms with Crippen molar-refractivity contribution in [3.05, 3.63) is 84.8 Å². The van der Waals surface area contributed by atoms with Gasteiger partial charge in [-0.1, -0.05) is 67.2 Å². The molecule has 0 bridgehead atoms. The molecule has 0 aliphatic heterocycles. The van der Waals surface area contributed by atoms with Crippen LogP contribution in [0, 0.1) is 17.6 Å². The number of amides is 4. The van der Waals surface area contributed by atoms with Gasteiger partial charge in [-0.05, 0) is 62.1 Å². The second-order valence-electron chi connectivity index (χ2n) is 13.4. The number of imide groups is 1. The van der Waals surface area contributed by atoms with Crippen LogP contribution in [0.2, 0.25) is 20.1 Å². The van der Waals surface area contributed by atoms with Crippen LogP contribution in [0.15, 0.2) is 36.4 Å². The zero-order valence-corrected chi connectivity index (χ0v) is 31.6. The Morgan fingerprint density at radius 1 is 0.880 bits per heavy atom. The molecule has 50 heavy (non-hydrogen) atoms. The highest BCUT2D eigenvalue weighted by Gasteiger charge is 2.67. The van der Waals surface area contributed by atoms with E-state index in [4.69, 9.17) is 74.3 Å². The number of nitrogens with one attached hydrogen (secondary N) is 2. The van der Waals surface area contributed by atoms with E-state index in [1.165, 1.54) is 65.8 Å². The number of nitrogens with zero attached hydrogens (tertiary/aromatic N) is 1. The fourth-order valence-corrected chi connectivity index (χ4v) is 6.82. The molecule has 4 rings (SSSR count). The average Bonchev–Trinajstić information content (AvgIpc) is 3.54. The Balaban J connectivity index is 1.70. The lowest BCUT2D eigenvalue weighted by Crippen LogP contribution is -2.41. The van der Waals surface area contributed by atoms with Gasteiger partial charge in [0.15, 0.2) is 5.82 Å². The van der Waals surface area contributed by atoms with Gasteiger partial charge in [0.25, 0.3) is 5.91 Å². The fraction of sp³-hybridized carbons (Fsp3) is 0.333. The highest BCUT2D eigenvalue weighted by atomic mass is 35.5. The van der Waals surface area contributed by atoms with E-state index in [1.807, 2.05) is 0 Å². The Labute approximate surface area is 316 Å². The highest BCUT2D eigenvalue weighted by Crippen LogP contribution is 2.65. The Bertz CT molecular complexity index is 1910. The Kier molecular flexibility index (Phi) is 11.3. The molecule has 4 amide bonds. The van der Waals surface area contributed by atoms with Gasteiger partial charge in [0.05, 0.1) is 37.3 Å². The van der Waals surface area contributed by atoms with Crippen molar-refractivity contribution < 1.29 is 37.8 Å². The molecule has 17 heteroatoms. The second-order valence-corrected chi connectivity index (χ2v) is 16.4. The summed E-state index contributed by atoms with van der Waals surface area (Å²) in [5.41, 5.74) is -4.43. The van der Waals surface area contributed by atoms with Crippen molar-refractivity contribution in [2.24, 2.45) is 5.92 Å². The van der Waals surface area contributed by atoms with Gasteiger partial charge in [-0.3, -0.25) is 9.59 Å². The van der Waals surface area contributed by atoms with Crippen LogP contribution < -0.4 is 15.5 Å². The van der Waals surface area contributed by atoms with E-state index < -0.39 is 79.8 Å². The minimum absolute atomic E-state index is 0.0324. The molecule has 3 N–H and O–H groups in total. The lowest BCUT2D eigenvalue weighted by atomic mass is 9.85. The molecule has 1 aliphatic carbocycles. The molecule has 3 aromatic rings. The van der Waals surface area contributed by atoms with Gasteiger partial charge in [0.1, 0.15) is 21.4 Å². The molecule has 0 radical (unpaired) electrons. The second kappa shape index (κ2) is 14.2. The van der Waals surface area contributed by atoms with Crippen LogP contribution >= 0.6 is 69.6 Å². The third-order valence-electron chi connectivity index (χ3n) is 7.37. The Morgan fingerprint density at radius 3 is 1.98 bits per heavy atom. The molecule has 3 aromatic carbocycles. The predicted octanol–water partition coefficient (Wildman–Crippen LogP) is 11.1. The smallest absolute Gasteiger partial charge is 0.424 e. The van der Waals surface area contributed by atoms with Crippen molar-refractivity contribution in [1.82, 2.24) is 0 Å². The number of rotatable bonds is 6. The van der Waals surface area contributed by atoms with Crippen LogP contribution in [0.3, 0.4) is 0 Å². The van der Waals surface area contributed by atoms with Gasteiger partial charge in [-0.25, -0.2) is 18.4 Å². The average molecular weight is 814 g/mol. The number of carbonyl (C=O) groups is 4. The molecule has 9 nitrogen and oxygen atoms in total. The van der Waals surface area contributed by atoms with Crippen LogP contribution in [0.4, 0.5) is 35.4 Å². The van der Waals surface area contributed by atoms with Crippen LogP contribution in [-0.4, -0.2) is 39.0 Å². The lowest BCUT2D eigenvalue weighted by Gasteiger charge is -2.28. The molecule has 1 fully saturated rings. The van der Waals surface area contributed by atoms with Crippen molar-refractivity contribution in [3.63, 3.8) is 0 Å².